The smallest absolute Gasteiger partial charge is 0.212 e. The molecule has 1 aliphatic rings. The monoisotopic (exact) mass is 400 g/mol. The van der Waals surface area contributed by atoms with Crippen molar-refractivity contribution in [2.75, 3.05) is 12.9 Å². The molecule has 5 nitrogen and oxygen atoms in total. The Labute approximate surface area is 172 Å². The fraction of sp³-hybridized carbons (Fsp3) is 0.130. The molecule has 3 aromatic rings. The lowest BCUT2D eigenvalue weighted by molar-refractivity contribution is -0.114. The van der Waals surface area contributed by atoms with Gasteiger partial charge in [0.2, 0.25) is 5.78 Å². The van der Waals surface area contributed by atoms with E-state index in [4.69, 9.17) is 4.74 Å². The normalized spacial score (nSPS) is 11.6. The van der Waals surface area contributed by atoms with Gasteiger partial charge in [0.05, 0.1) is 18.4 Å². The fourth-order valence-corrected chi connectivity index (χ4v) is 4.23. The van der Waals surface area contributed by atoms with E-state index in [1.165, 1.54) is 18.7 Å². The van der Waals surface area contributed by atoms with Crippen molar-refractivity contribution in [2.45, 2.75) is 11.9 Å². The van der Waals surface area contributed by atoms with Crippen molar-refractivity contribution in [3.05, 3.63) is 65.4 Å². The average molecular weight is 400 g/mol. The lowest BCUT2D eigenvalue weighted by atomic mass is 9.93. The van der Waals surface area contributed by atoms with E-state index < -0.39 is 0 Å². The van der Waals surface area contributed by atoms with Crippen molar-refractivity contribution in [2.24, 2.45) is 0 Å². The number of methoxy groups -OCH3 is 1. The summed E-state index contributed by atoms with van der Waals surface area (Å²) in [5.41, 5.74) is 4.14. The quantitative estimate of drug-likeness (QED) is 0.458. The molecule has 0 saturated carbocycles. The van der Waals surface area contributed by atoms with Gasteiger partial charge in [-0.2, -0.15) is 5.26 Å². The Hall–Kier alpha value is -3.43. The Kier molecular flexibility index (Phi) is 4.91. The molecule has 0 bridgehead atoms. The molecule has 4 rings (SSSR count). The molecule has 0 atom stereocenters. The van der Waals surface area contributed by atoms with E-state index in [1.54, 1.807) is 13.2 Å². The second-order valence-electron chi connectivity index (χ2n) is 6.60. The molecule has 6 heteroatoms. The first-order valence-electron chi connectivity index (χ1n) is 8.94. The number of benzene rings is 2. The number of nitrogens with zero attached hydrogens (tertiary/aromatic N) is 2. The second kappa shape index (κ2) is 7.53. The first-order chi connectivity index (χ1) is 14.0. The molecule has 0 N–H and O–H groups in total. The number of thioether (sulfide) groups is 1. The summed E-state index contributed by atoms with van der Waals surface area (Å²) in [5, 5.41) is 10.4. The van der Waals surface area contributed by atoms with E-state index in [9.17, 15) is 14.9 Å². The summed E-state index contributed by atoms with van der Waals surface area (Å²) < 4.78 is 5.24. The lowest BCUT2D eigenvalue weighted by Crippen LogP contribution is -2.05. The molecule has 0 unspecified atom stereocenters. The van der Waals surface area contributed by atoms with Crippen molar-refractivity contribution in [3.8, 4) is 34.1 Å². The zero-order chi connectivity index (χ0) is 20.5. The first kappa shape index (κ1) is 18.9. The lowest BCUT2D eigenvalue weighted by Gasteiger charge is -2.14. The van der Waals surface area contributed by atoms with Crippen molar-refractivity contribution >= 4 is 23.3 Å². The maximum Gasteiger partial charge on any atom is 0.212 e. The Morgan fingerprint density at radius 2 is 1.79 bits per heavy atom. The van der Waals surface area contributed by atoms with Crippen molar-refractivity contribution in [3.63, 3.8) is 0 Å². The van der Waals surface area contributed by atoms with Gasteiger partial charge in [-0.05, 0) is 30.2 Å². The molecule has 1 aromatic heterocycles. The molecule has 0 saturated heterocycles. The maximum atomic E-state index is 13.0. The van der Waals surface area contributed by atoms with Gasteiger partial charge < -0.3 is 4.74 Å². The predicted molar refractivity (Wildman–Crippen MR) is 111 cm³/mol. The Bertz CT molecular complexity index is 1190. The van der Waals surface area contributed by atoms with Gasteiger partial charge in [-0.1, -0.05) is 48.2 Å². The molecular formula is C23H16N2O3S. The largest absolute Gasteiger partial charge is 0.497 e. The summed E-state index contributed by atoms with van der Waals surface area (Å²) in [6.07, 6.45) is 0. The minimum Gasteiger partial charge on any atom is -0.497 e. The third kappa shape index (κ3) is 3.20. The third-order valence-corrected chi connectivity index (χ3v) is 5.84. The van der Waals surface area contributed by atoms with Gasteiger partial charge in [0.15, 0.2) is 0 Å². The van der Waals surface area contributed by atoms with Crippen LogP contribution in [-0.4, -0.2) is 29.4 Å². The zero-order valence-electron chi connectivity index (χ0n) is 15.9. The number of aromatic nitrogens is 1. The summed E-state index contributed by atoms with van der Waals surface area (Å²) in [5.74, 6) is 0.686. The highest BCUT2D eigenvalue weighted by molar-refractivity contribution is 8.00. The van der Waals surface area contributed by atoms with E-state index in [0.717, 1.165) is 11.1 Å². The van der Waals surface area contributed by atoms with Crippen LogP contribution in [0.25, 0.3) is 22.3 Å². The molecule has 1 heterocycles. The van der Waals surface area contributed by atoms with Gasteiger partial charge in [0, 0.05) is 16.7 Å². The van der Waals surface area contributed by atoms with Crippen LogP contribution in [0.5, 0.6) is 5.75 Å². The number of rotatable bonds is 5. The highest BCUT2D eigenvalue weighted by Gasteiger charge is 2.33. The number of carbonyl (C=O) groups is 2. The SMILES string of the molecule is COc1ccc(-c2c(C#N)c(SCC(C)=O)nc3c2-c2ccccc2C3=O)cc1. The fourth-order valence-electron chi connectivity index (χ4n) is 3.44. The van der Waals surface area contributed by atoms with E-state index >= 15 is 0 Å². The van der Waals surface area contributed by atoms with Crippen LogP contribution in [0.3, 0.4) is 0 Å². The van der Waals surface area contributed by atoms with Crippen LogP contribution in [0, 0.1) is 11.3 Å². The highest BCUT2D eigenvalue weighted by Crippen LogP contribution is 2.46. The standard InChI is InChI=1S/C23H16N2O3S/c1-13(26)12-29-23-18(11-24)19(14-7-9-15(28-2)10-8-14)20-16-5-3-4-6-17(16)22(27)21(20)25-23/h3-10H,12H2,1-2H3. The average Bonchev–Trinajstić information content (AvgIpc) is 3.03. The van der Waals surface area contributed by atoms with Gasteiger partial charge in [0.1, 0.15) is 28.3 Å². The van der Waals surface area contributed by atoms with E-state index in [1.807, 2.05) is 42.5 Å². The van der Waals surface area contributed by atoms with Crippen molar-refractivity contribution in [1.82, 2.24) is 4.98 Å². The predicted octanol–water partition coefficient (Wildman–Crippen LogP) is 4.52. The maximum absolute atomic E-state index is 13.0. The van der Waals surface area contributed by atoms with E-state index in [0.29, 0.717) is 38.7 Å². The summed E-state index contributed by atoms with van der Waals surface area (Å²) in [6, 6.07) is 16.9. The molecule has 0 radical (unpaired) electrons. The van der Waals surface area contributed by atoms with Gasteiger partial charge in [0.25, 0.3) is 0 Å². The Balaban J connectivity index is 2.03. The van der Waals surface area contributed by atoms with E-state index in [2.05, 4.69) is 11.1 Å². The Morgan fingerprint density at radius 3 is 2.41 bits per heavy atom. The molecule has 0 aliphatic heterocycles. The minimum absolute atomic E-state index is 0.0261. The van der Waals surface area contributed by atoms with Crippen LogP contribution in [0.4, 0.5) is 0 Å². The summed E-state index contributed by atoms with van der Waals surface area (Å²) >= 11 is 1.18. The number of ether oxygens (including phenoxy) is 1. The molecule has 29 heavy (non-hydrogen) atoms. The zero-order valence-corrected chi connectivity index (χ0v) is 16.7. The summed E-state index contributed by atoms with van der Waals surface area (Å²) in [7, 11) is 1.59. The van der Waals surface area contributed by atoms with Crippen LogP contribution in [0.15, 0.2) is 53.6 Å². The van der Waals surface area contributed by atoms with Crippen LogP contribution in [-0.2, 0) is 4.79 Å². The van der Waals surface area contributed by atoms with E-state index in [-0.39, 0.29) is 17.3 Å². The highest BCUT2D eigenvalue weighted by atomic mass is 32.2. The number of pyridine rings is 1. The molecule has 1 aliphatic carbocycles. The number of fused-ring (bicyclic) bond motifs is 3. The van der Waals surface area contributed by atoms with Crippen LogP contribution in [0.2, 0.25) is 0 Å². The number of nitriles is 1. The van der Waals surface area contributed by atoms with Crippen molar-refractivity contribution in [1.29, 1.82) is 5.26 Å². The van der Waals surface area contributed by atoms with Crippen molar-refractivity contribution < 1.29 is 14.3 Å². The number of hydrogen-bond acceptors (Lipinski definition) is 6. The van der Waals surface area contributed by atoms with Gasteiger partial charge in [-0.3, -0.25) is 9.59 Å². The van der Waals surface area contributed by atoms with Gasteiger partial charge >= 0.3 is 0 Å². The number of hydrogen-bond donors (Lipinski definition) is 0. The topological polar surface area (TPSA) is 80.0 Å². The molecule has 0 amide bonds. The second-order valence-corrected chi connectivity index (χ2v) is 7.56. The molecule has 0 spiro atoms. The Morgan fingerprint density at radius 1 is 1.10 bits per heavy atom. The third-order valence-electron chi connectivity index (χ3n) is 4.72. The molecule has 0 fully saturated rings. The first-order valence-corrected chi connectivity index (χ1v) is 9.92. The summed E-state index contributed by atoms with van der Waals surface area (Å²) in [4.78, 5) is 29.1. The van der Waals surface area contributed by atoms with Gasteiger partial charge in [-0.25, -0.2) is 4.98 Å². The number of ketones is 2. The number of Topliss-reactive ketones (excluding diaryl/α,β-unsaturated/α-hetero) is 1. The minimum atomic E-state index is -0.167. The molecule has 142 valence electrons. The van der Waals surface area contributed by atoms with Gasteiger partial charge in [-0.15, -0.1) is 0 Å². The molecular weight excluding hydrogens is 384 g/mol. The summed E-state index contributed by atoms with van der Waals surface area (Å²) in [6.45, 7) is 1.48. The van der Waals surface area contributed by atoms with Crippen LogP contribution < -0.4 is 4.74 Å². The van der Waals surface area contributed by atoms with Crippen LogP contribution >= 0.6 is 11.8 Å². The molecule has 2 aromatic carbocycles. The van der Waals surface area contributed by atoms with Crippen LogP contribution in [0.1, 0.15) is 28.5 Å². The number of carbonyl (C=O) groups excluding carboxylic acids is 2.